The van der Waals surface area contributed by atoms with Crippen molar-refractivity contribution in [2.75, 3.05) is 11.9 Å². The van der Waals surface area contributed by atoms with Crippen LogP contribution in [0.5, 0.6) is 0 Å². The SMILES string of the molecule is CCn1c(=O)n(CCC(=O)NCC(=O)Nc2c(C)cccc2C)c2ccccc21. The third-order valence-electron chi connectivity index (χ3n) is 5.00. The first-order valence-electron chi connectivity index (χ1n) is 9.73. The topological polar surface area (TPSA) is 85.1 Å². The summed E-state index contributed by atoms with van der Waals surface area (Å²) in [7, 11) is 0. The normalized spacial score (nSPS) is 10.9. The van der Waals surface area contributed by atoms with Gasteiger partial charge in [-0.2, -0.15) is 0 Å². The van der Waals surface area contributed by atoms with Crippen LogP contribution in [0.4, 0.5) is 5.69 Å². The van der Waals surface area contributed by atoms with Gasteiger partial charge in [0.1, 0.15) is 0 Å². The van der Waals surface area contributed by atoms with Crippen molar-refractivity contribution in [1.29, 1.82) is 0 Å². The minimum absolute atomic E-state index is 0.113. The Labute approximate surface area is 169 Å². The lowest BCUT2D eigenvalue weighted by molar-refractivity contribution is -0.124. The maximum Gasteiger partial charge on any atom is 0.329 e. The number of amides is 2. The second-order valence-electron chi connectivity index (χ2n) is 7.01. The lowest BCUT2D eigenvalue weighted by Gasteiger charge is -2.12. The van der Waals surface area contributed by atoms with Crippen molar-refractivity contribution in [1.82, 2.24) is 14.5 Å². The van der Waals surface area contributed by atoms with E-state index in [-0.39, 0.29) is 37.0 Å². The molecule has 0 saturated carbocycles. The number of hydrogen-bond donors (Lipinski definition) is 2. The zero-order valence-electron chi connectivity index (χ0n) is 17.0. The van der Waals surface area contributed by atoms with Crippen LogP contribution in [0.25, 0.3) is 11.0 Å². The van der Waals surface area contributed by atoms with Crippen LogP contribution in [0, 0.1) is 13.8 Å². The van der Waals surface area contributed by atoms with Crippen LogP contribution < -0.4 is 16.3 Å². The van der Waals surface area contributed by atoms with E-state index in [1.165, 1.54) is 0 Å². The minimum atomic E-state index is -0.282. The fourth-order valence-corrected chi connectivity index (χ4v) is 3.47. The van der Waals surface area contributed by atoms with Crippen LogP contribution in [0.15, 0.2) is 47.3 Å². The number of nitrogens with zero attached hydrogens (tertiary/aromatic N) is 2. The largest absolute Gasteiger partial charge is 0.347 e. The molecular weight excluding hydrogens is 368 g/mol. The van der Waals surface area contributed by atoms with Gasteiger partial charge in [0.25, 0.3) is 0 Å². The van der Waals surface area contributed by atoms with Crippen LogP contribution in [-0.2, 0) is 22.7 Å². The highest BCUT2D eigenvalue weighted by atomic mass is 16.2. The first-order chi connectivity index (χ1) is 13.9. The minimum Gasteiger partial charge on any atom is -0.347 e. The van der Waals surface area contributed by atoms with Crippen LogP contribution in [0.1, 0.15) is 24.5 Å². The molecule has 7 heteroatoms. The Bertz CT molecular complexity index is 1090. The fraction of sp³-hybridized carbons (Fsp3) is 0.318. The molecule has 1 aromatic heterocycles. The molecule has 0 saturated heterocycles. The molecule has 0 aliphatic rings. The summed E-state index contributed by atoms with van der Waals surface area (Å²) in [5, 5.41) is 5.47. The molecule has 29 heavy (non-hydrogen) atoms. The molecule has 0 aliphatic carbocycles. The molecule has 2 amide bonds. The predicted octanol–water partition coefficient (Wildman–Crippen LogP) is 2.58. The van der Waals surface area contributed by atoms with Gasteiger partial charge in [-0.25, -0.2) is 4.79 Å². The molecular formula is C22H26N4O3. The molecule has 152 valence electrons. The lowest BCUT2D eigenvalue weighted by Crippen LogP contribution is -2.34. The molecule has 0 bridgehead atoms. The first kappa shape index (κ1) is 20.4. The van der Waals surface area contributed by atoms with Crippen LogP contribution in [-0.4, -0.2) is 27.5 Å². The second kappa shape index (κ2) is 8.77. The monoisotopic (exact) mass is 394 g/mol. The van der Waals surface area contributed by atoms with Crippen LogP contribution in [0.3, 0.4) is 0 Å². The number of aryl methyl sites for hydroxylation is 4. The molecule has 1 heterocycles. The van der Waals surface area contributed by atoms with Crippen LogP contribution in [0.2, 0.25) is 0 Å². The maximum absolute atomic E-state index is 12.6. The quantitative estimate of drug-likeness (QED) is 0.646. The van der Waals surface area contributed by atoms with E-state index in [1.54, 1.807) is 9.13 Å². The molecule has 3 aromatic rings. The number of aromatic nitrogens is 2. The number of nitrogens with one attached hydrogen (secondary N) is 2. The number of rotatable bonds is 7. The average molecular weight is 394 g/mol. The molecule has 2 N–H and O–H groups in total. The van der Waals surface area contributed by atoms with Gasteiger partial charge in [-0.1, -0.05) is 30.3 Å². The van der Waals surface area contributed by atoms with Crippen molar-refractivity contribution < 1.29 is 9.59 Å². The number of carbonyl (C=O) groups is 2. The molecule has 7 nitrogen and oxygen atoms in total. The third kappa shape index (κ3) is 4.39. The maximum atomic E-state index is 12.6. The Morgan fingerprint density at radius 3 is 2.14 bits per heavy atom. The van der Waals surface area contributed by atoms with Gasteiger partial charge in [0.2, 0.25) is 11.8 Å². The van der Waals surface area contributed by atoms with Crippen molar-refractivity contribution >= 4 is 28.5 Å². The highest BCUT2D eigenvalue weighted by Crippen LogP contribution is 2.19. The van der Waals surface area contributed by atoms with Crippen molar-refractivity contribution in [3.63, 3.8) is 0 Å². The summed E-state index contributed by atoms with van der Waals surface area (Å²) in [4.78, 5) is 37.0. The number of para-hydroxylation sites is 3. The first-order valence-corrected chi connectivity index (χ1v) is 9.73. The van der Waals surface area contributed by atoms with Gasteiger partial charge < -0.3 is 10.6 Å². The predicted molar refractivity (Wildman–Crippen MR) is 114 cm³/mol. The number of imidazole rings is 1. The van der Waals surface area contributed by atoms with Gasteiger partial charge in [0.15, 0.2) is 0 Å². The van der Waals surface area contributed by atoms with Gasteiger partial charge in [-0.3, -0.25) is 18.7 Å². The zero-order chi connectivity index (χ0) is 21.0. The van der Waals surface area contributed by atoms with E-state index < -0.39 is 0 Å². The van der Waals surface area contributed by atoms with Gasteiger partial charge in [0, 0.05) is 25.2 Å². The molecule has 3 rings (SSSR count). The number of hydrogen-bond acceptors (Lipinski definition) is 3. The second-order valence-corrected chi connectivity index (χ2v) is 7.01. The van der Waals surface area contributed by atoms with Gasteiger partial charge >= 0.3 is 5.69 Å². The summed E-state index contributed by atoms with van der Waals surface area (Å²) in [5.74, 6) is -0.558. The van der Waals surface area contributed by atoms with E-state index in [0.29, 0.717) is 6.54 Å². The molecule has 2 aromatic carbocycles. The third-order valence-corrected chi connectivity index (χ3v) is 5.00. The van der Waals surface area contributed by atoms with Gasteiger partial charge in [0.05, 0.1) is 17.6 Å². The lowest BCUT2D eigenvalue weighted by atomic mass is 10.1. The summed E-state index contributed by atoms with van der Waals surface area (Å²) in [6, 6.07) is 13.3. The Hall–Kier alpha value is -3.35. The van der Waals surface area contributed by atoms with E-state index in [1.807, 2.05) is 63.2 Å². The van der Waals surface area contributed by atoms with Crippen LogP contribution >= 0.6 is 0 Å². The van der Waals surface area contributed by atoms with Crippen molar-refractivity contribution in [3.05, 3.63) is 64.1 Å². The van der Waals surface area contributed by atoms with E-state index >= 15 is 0 Å². The molecule has 0 unspecified atom stereocenters. The number of fused-ring (bicyclic) bond motifs is 1. The van der Waals surface area contributed by atoms with Crippen molar-refractivity contribution in [2.24, 2.45) is 0 Å². The van der Waals surface area contributed by atoms with E-state index in [9.17, 15) is 14.4 Å². The Morgan fingerprint density at radius 1 is 0.897 bits per heavy atom. The summed E-state index contributed by atoms with van der Waals surface area (Å²) < 4.78 is 3.29. The van der Waals surface area contributed by atoms with E-state index in [4.69, 9.17) is 0 Å². The van der Waals surface area contributed by atoms with Gasteiger partial charge in [-0.05, 0) is 44.0 Å². The summed E-state index contributed by atoms with van der Waals surface area (Å²) in [5.41, 5.74) is 4.24. The van der Waals surface area contributed by atoms with E-state index in [0.717, 1.165) is 27.8 Å². The number of anilines is 1. The standard InChI is InChI=1S/C22H26N4O3/c1-4-25-17-10-5-6-11-18(17)26(22(25)29)13-12-19(27)23-14-20(28)24-21-15(2)8-7-9-16(21)3/h5-11H,4,12-14H2,1-3H3,(H,23,27)(H,24,28). The van der Waals surface area contributed by atoms with Gasteiger partial charge in [-0.15, -0.1) is 0 Å². The molecule has 0 fully saturated rings. The average Bonchev–Trinajstić information content (AvgIpc) is 2.98. The Balaban J connectivity index is 1.58. The summed E-state index contributed by atoms with van der Waals surface area (Å²) in [6.07, 6.45) is 0.119. The highest BCUT2D eigenvalue weighted by molar-refractivity contribution is 5.95. The van der Waals surface area contributed by atoms with Crippen molar-refractivity contribution in [2.45, 2.75) is 40.3 Å². The van der Waals surface area contributed by atoms with Crippen molar-refractivity contribution in [3.8, 4) is 0 Å². The molecule has 0 aliphatic heterocycles. The molecule has 0 spiro atoms. The Kier molecular flexibility index (Phi) is 6.16. The Morgan fingerprint density at radius 2 is 1.52 bits per heavy atom. The molecule has 0 atom stereocenters. The molecule has 0 radical (unpaired) electrons. The van der Waals surface area contributed by atoms with E-state index in [2.05, 4.69) is 10.6 Å². The number of benzene rings is 2. The zero-order valence-corrected chi connectivity index (χ0v) is 17.0. The summed E-state index contributed by atoms with van der Waals surface area (Å²) in [6.45, 7) is 6.48. The smallest absolute Gasteiger partial charge is 0.329 e. The highest BCUT2D eigenvalue weighted by Gasteiger charge is 2.13. The fourth-order valence-electron chi connectivity index (χ4n) is 3.47. The summed E-state index contributed by atoms with van der Waals surface area (Å²) >= 11 is 0. The number of carbonyl (C=O) groups excluding carboxylic acids is 2.